The summed E-state index contributed by atoms with van der Waals surface area (Å²) in [4.78, 5) is 11.7. The van der Waals surface area contributed by atoms with Gasteiger partial charge in [-0.25, -0.2) is 0 Å². The zero-order chi connectivity index (χ0) is 26.1. The molecule has 36 heavy (non-hydrogen) atoms. The van der Waals surface area contributed by atoms with Crippen LogP contribution < -0.4 is 20.5 Å². The molecule has 0 unspecified atom stereocenters. The van der Waals surface area contributed by atoms with Crippen LogP contribution in [0.25, 0.3) is 10.9 Å². The van der Waals surface area contributed by atoms with Crippen LogP contribution in [0, 0.1) is 0 Å². The van der Waals surface area contributed by atoms with Gasteiger partial charge in [-0.05, 0) is 55.2 Å². The van der Waals surface area contributed by atoms with E-state index >= 15 is 0 Å². The Labute approximate surface area is 208 Å². The monoisotopic (exact) mass is 507 g/mol. The molecule has 10 heteroatoms. The summed E-state index contributed by atoms with van der Waals surface area (Å²) in [5.41, 5.74) is 8.33. The maximum Gasteiger partial charge on any atom is 0.422 e. The van der Waals surface area contributed by atoms with E-state index in [1.54, 1.807) is 18.2 Å². The number of rotatable bonds is 14. The van der Waals surface area contributed by atoms with Crippen molar-refractivity contribution in [3.63, 3.8) is 0 Å². The fourth-order valence-electron chi connectivity index (χ4n) is 4.12. The van der Waals surface area contributed by atoms with Gasteiger partial charge < -0.3 is 30.2 Å². The van der Waals surface area contributed by atoms with Crippen molar-refractivity contribution in [2.24, 2.45) is 5.73 Å². The molecule has 0 bridgehead atoms. The number of hydrogen-bond donors (Lipinski definition) is 3. The van der Waals surface area contributed by atoms with Crippen LogP contribution in [0.3, 0.4) is 0 Å². The summed E-state index contributed by atoms with van der Waals surface area (Å²) in [5, 5.41) is 13.5. The van der Waals surface area contributed by atoms with Crippen molar-refractivity contribution in [3.8, 4) is 11.5 Å². The molecule has 1 heterocycles. The van der Waals surface area contributed by atoms with Gasteiger partial charge in [-0.3, -0.25) is 4.79 Å². The average Bonchev–Trinajstić information content (AvgIpc) is 3.22. The van der Waals surface area contributed by atoms with Gasteiger partial charge in [-0.15, -0.1) is 0 Å². The molecule has 0 saturated heterocycles. The molecule has 1 atom stereocenters. The first-order valence-corrected chi connectivity index (χ1v) is 11.8. The second kappa shape index (κ2) is 12.6. The van der Waals surface area contributed by atoms with E-state index in [1.807, 2.05) is 29.8 Å². The number of primary amides is 1. The van der Waals surface area contributed by atoms with Gasteiger partial charge in [0.05, 0.1) is 11.9 Å². The second-order valence-electron chi connectivity index (χ2n) is 8.68. The molecule has 7 nitrogen and oxygen atoms in total. The summed E-state index contributed by atoms with van der Waals surface area (Å²) in [5.74, 6) is -0.112. The number of alkyl halides is 3. The Balaban J connectivity index is 1.58. The van der Waals surface area contributed by atoms with E-state index in [0.29, 0.717) is 25.9 Å². The van der Waals surface area contributed by atoms with Crippen LogP contribution in [0.15, 0.2) is 48.7 Å². The molecular formula is C26H32F3N3O4. The summed E-state index contributed by atoms with van der Waals surface area (Å²) < 4.78 is 49.9. The first-order chi connectivity index (χ1) is 17.2. The Morgan fingerprint density at radius 3 is 2.56 bits per heavy atom. The van der Waals surface area contributed by atoms with Gasteiger partial charge in [-0.2, -0.15) is 13.2 Å². The Kier molecular flexibility index (Phi) is 9.60. The molecule has 4 N–H and O–H groups in total. The largest absolute Gasteiger partial charge is 0.488 e. The number of halogens is 3. The van der Waals surface area contributed by atoms with Gasteiger partial charge in [0, 0.05) is 37.3 Å². The number of aryl methyl sites for hydroxylation is 1. The van der Waals surface area contributed by atoms with Crippen molar-refractivity contribution in [1.29, 1.82) is 0 Å². The lowest BCUT2D eigenvalue weighted by atomic mass is 9.99. The van der Waals surface area contributed by atoms with Crippen LogP contribution in [0.4, 0.5) is 13.2 Å². The first kappa shape index (κ1) is 27.3. The quantitative estimate of drug-likeness (QED) is 0.290. The Bertz CT molecular complexity index is 1150. The fourth-order valence-corrected chi connectivity index (χ4v) is 4.12. The number of fused-ring (bicyclic) bond motifs is 1. The average molecular weight is 508 g/mol. The smallest absolute Gasteiger partial charge is 0.422 e. The molecule has 1 amide bonds. The minimum absolute atomic E-state index is 0.0454. The number of para-hydroxylation sites is 2. The van der Waals surface area contributed by atoms with Gasteiger partial charge in [0.25, 0.3) is 0 Å². The predicted molar refractivity (Wildman–Crippen MR) is 131 cm³/mol. The molecule has 0 radical (unpaired) electrons. The van der Waals surface area contributed by atoms with Crippen molar-refractivity contribution in [1.82, 2.24) is 9.88 Å². The van der Waals surface area contributed by atoms with E-state index in [9.17, 15) is 18.0 Å². The van der Waals surface area contributed by atoms with Crippen LogP contribution in [-0.2, 0) is 24.2 Å². The number of amides is 1. The highest BCUT2D eigenvalue weighted by atomic mass is 19.4. The second-order valence-corrected chi connectivity index (χ2v) is 8.68. The highest BCUT2D eigenvalue weighted by molar-refractivity contribution is 5.88. The summed E-state index contributed by atoms with van der Waals surface area (Å²) >= 11 is 0. The molecule has 1 aromatic heterocycles. The number of benzene rings is 2. The summed E-state index contributed by atoms with van der Waals surface area (Å²) in [6.07, 6.45) is -1.05. The Hall–Kier alpha value is -3.24. The number of nitrogens with two attached hydrogens (primary N) is 1. The Morgan fingerprint density at radius 1 is 1.17 bits per heavy atom. The van der Waals surface area contributed by atoms with Gasteiger partial charge in [0.1, 0.15) is 6.61 Å². The molecular weight excluding hydrogens is 475 g/mol. The fraction of sp³-hybridized carbons (Fsp3) is 0.423. The molecule has 0 aliphatic rings. The number of aromatic nitrogens is 1. The normalized spacial score (nSPS) is 12.6. The number of carbonyl (C=O) groups excluding carboxylic acids is 1. The van der Waals surface area contributed by atoms with E-state index in [2.05, 4.69) is 11.4 Å². The number of carbonyl (C=O) groups is 1. The van der Waals surface area contributed by atoms with Crippen LogP contribution >= 0.6 is 0 Å². The minimum atomic E-state index is -4.42. The number of nitrogens with zero attached hydrogens (tertiary/aromatic N) is 1. The summed E-state index contributed by atoms with van der Waals surface area (Å²) in [6.45, 7) is 2.09. The number of aliphatic hydroxyl groups is 1. The zero-order valence-electron chi connectivity index (χ0n) is 20.2. The zero-order valence-corrected chi connectivity index (χ0v) is 20.2. The molecule has 0 fully saturated rings. The molecule has 3 aromatic rings. The van der Waals surface area contributed by atoms with E-state index in [4.69, 9.17) is 20.3 Å². The lowest BCUT2D eigenvalue weighted by molar-refractivity contribution is -0.153. The summed E-state index contributed by atoms with van der Waals surface area (Å²) in [7, 11) is 0. The van der Waals surface area contributed by atoms with Crippen LogP contribution in [0.5, 0.6) is 11.5 Å². The van der Waals surface area contributed by atoms with Crippen LogP contribution in [-0.4, -0.2) is 54.2 Å². The summed E-state index contributed by atoms with van der Waals surface area (Å²) in [6, 6.07) is 12.4. The SMILES string of the molecule is C[C@H](Cc1cc(CC(N)=O)c2c(ccn2CCCO)c1)NCCOc1ccccc1OCC(F)(F)F. The third-order valence-corrected chi connectivity index (χ3v) is 5.56. The van der Waals surface area contributed by atoms with Crippen LogP contribution in [0.1, 0.15) is 24.5 Å². The van der Waals surface area contributed by atoms with Crippen molar-refractivity contribution in [2.45, 2.75) is 44.9 Å². The third kappa shape index (κ3) is 8.17. The highest BCUT2D eigenvalue weighted by Crippen LogP contribution is 2.28. The standard InChI is InChI=1S/C26H32F3N3O4/c1-18(31-8-12-35-22-5-2-3-6-23(22)36-17-26(27,28)29)13-19-14-20-7-10-32(9-4-11-33)25(20)21(15-19)16-24(30)34/h2-3,5-7,10,14-15,18,31,33H,4,8-9,11-13,16-17H2,1H3,(H2,30,34)/t18-/m1/s1. The lowest BCUT2D eigenvalue weighted by Crippen LogP contribution is -2.32. The third-order valence-electron chi connectivity index (χ3n) is 5.56. The van der Waals surface area contributed by atoms with E-state index in [1.165, 1.54) is 6.07 Å². The molecule has 0 saturated carbocycles. The van der Waals surface area contributed by atoms with Crippen molar-refractivity contribution in [3.05, 3.63) is 59.8 Å². The number of aliphatic hydroxyl groups excluding tert-OH is 1. The van der Waals surface area contributed by atoms with E-state index in [0.717, 1.165) is 22.0 Å². The molecule has 0 aliphatic carbocycles. The molecule has 0 spiro atoms. The van der Waals surface area contributed by atoms with E-state index in [-0.39, 0.29) is 37.2 Å². The maximum atomic E-state index is 12.5. The van der Waals surface area contributed by atoms with Gasteiger partial charge >= 0.3 is 6.18 Å². The Morgan fingerprint density at radius 2 is 1.89 bits per heavy atom. The first-order valence-electron chi connectivity index (χ1n) is 11.8. The molecule has 3 rings (SSSR count). The van der Waals surface area contributed by atoms with Crippen molar-refractivity contribution in [2.75, 3.05) is 26.4 Å². The molecule has 0 aliphatic heterocycles. The van der Waals surface area contributed by atoms with Gasteiger partial charge in [0.15, 0.2) is 18.1 Å². The van der Waals surface area contributed by atoms with Gasteiger partial charge in [-0.1, -0.05) is 18.2 Å². The maximum absolute atomic E-state index is 12.5. The molecule has 2 aromatic carbocycles. The topological polar surface area (TPSA) is 98.7 Å². The minimum Gasteiger partial charge on any atom is -0.488 e. The van der Waals surface area contributed by atoms with Crippen LogP contribution in [0.2, 0.25) is 0 Å². The number of nitrogens with one attached hydrogen (secondary N) is 1. The van der Waals surface area contributed by atoms with E-state index < -0.39 is 18.7 Å². The molecule has 196 valence electrons. The number of ether oxygens (including phenoxy) is 2. The predicted octanol–water partition coefficient (Wildman–Crippen LogP) is 3.59. The lowest BCUT2D eigenvalue weighted by Gasteiger charge is -2.17. The number of hydrogen-bond acceptors (Lipinski definition) is 5. The van der Waals surface area contributed by atoms with Crippen molar-refractivity contribution < 1.29 is 32.5 Å². The van der Waals surface area contributed by atoms with Crippen molar-refractivity contribution >= 4 is 16.8 Å². The highest BCUT2D eigenvalue weighted by Gasteiger charge is 2.29. The van der Waals surface area contributed by atoms with Gasteiger partial charge in [0.2, 0.25) is 5.91 Å².